The Kier molecular flexibility index (Phi) is 3.08. The van der Waals surface area contributed by atoms with Crippen molar-refractivity contribution in [1.82, 2.24) is 0 Å². The van der Waals surface area contributed by atoms with Crippen LogP contribution in [0.3, 0.4) is 0 Å². The van der Waals surface area contributed by atoms with Crippen LogP contribution >= 0.6 is 11.3 Å². The highest BCUT2D eigenvalue weighted by atomic mass is 32.1. The van der Waals surface area contributed by atoms with Gasteiger partial charge in [-0.05, 0) is 23.6 Å². The minimum absolute atomic E-state index is 0.317. The predicted molar refractivity (Wildman–Crippen MR) is 62.3 cm³/mol. The first kappa shape index (κ1) is 11.2. The van der Waals surface area contributed by atoms with Crippen molar-refractivity contribution in [2.24, 2.45) is 0 Å². The molecule has 0 aliphatic rings. The maximum absolute atomic E-state index is 11.0. The number of carboxylic acid groups (broad SMARTS) is 1. The lowest BCUT2D eigenvalue weighted by Gasteiger charge is -2.02. The van der Waals surface area contributed by atoms with Crippen molar-refractivity contribution in [3.8, 4) is 6.07 Å². The van der Waals surface area contributed by atoms with Gasteiger partial charge in [0, 0.05) is 4.88 Å². The zero-order chi connectivity index (χ0) is 12.3. The lowest BCUT2D eigenvalue weighted by atomic mass is 10.1. The molecule has 2 aromatic heterocycles. The molecule has 4 nitrogen and oxygen atoms in total. The van der Waals surface area contributed by atoms with E-state index in [0.717, 1.165) is 0 Å². The van der Waals surface area contributed by atoms with Crippen LogP contribution in [0, 0.1) is 11.3 Å². The number of rotatable bonds is 3. The van der Waals surface area contributed by atoms with E-state index in [1.165, 1.54) is 17.6 Å². The number of hydrogen-bond donors (Lipinski definition) is 1. The van der Waals surface area contributed by atoms with Gasteiger partial charge in [-0.15, -0.1) is 11.3 Å². The fourth-order valence-corrected chi connectivity index (χ4v) is 2.20. The van der Waals surface area contributed by atoms with Gasteiger partial charge in [0.15, 0.2) is 0 Å². The molecule has 0 unspecified atom stereocenters. The summed E-state index contributed by atoms with van der Waals surface area (Å²) in [4.78, 5) is 11.7. The zero-order valence-corrected chi connectivity index (χ0v) is 9.40. The first-order chi connectivity index (χ1) is 8.24. The number of nitriles is 1. The fraction of sp³-hybridized carbons (Fsp3) is 0. The van der Waals surface area contributed by atoms with Crippen LogP contribution in [-0.2, 0) is 4.79 Å². The van der Waals surface area contributed by atoms with Gasteiger partial charge in [0.05, 0.1) is 11.8 Å². The lowest BCUT2D eigenvalue weighted by molar-refractivity contribution is -0.132. The van der Waals surface area contributed by atoms with Crippen molar-refractivity contribution in [3.05, 3.63) is 52.1 Å². The van der Waals surface area contributed by atoms with Gasteiger partial charge in [-0.3, -0.25) is 0 Å². The van der Waals surface area contributed by atoms with Gasteiger partial charge in [-0.1, -0.05) is 6.07 Å². The van der Waals surface area contributed by atoms with Crippen LogP contribution in [0.25, 0.3) is 5.57 Å². The van der Waals surface area contributed by atoms with Crippen molar-refractivity contribution in [2.75, 3.05) is 0 Å². The summed E-state index contributed by atoms with van der Waals surface area (Å²) in [7, 11) is 0. The average molecular weight is 245 g/mol. The van der Waals surface area contributed by atoms with Crippen molar-refractivity contribution < 1.29 is 14.3 Å². The van der Waals surface area contributed by atoms with E-state index in [2.05, 4.69) is 0 Å². The third-order valence-corrected chi connectivity index (χ3v) is 3.00. The van der Waals surface area contributed by atoms with Gasteiger partial charge < -0.3 is 9.52 Å². The summed E-state index contributed by atoms with van der Waals surface area (Å²) < 4.78 is 5.19. The summed E-state index contributed by atoms with van der Waals surface area (Å²) in [6, 6.07) is 8.54. The third kappa shape index (κ3) is 2.12. The Morgan fingerprint density at radius 2 is 2.24 bits per heavy atom. The fourth-order valence-electron chi connectivity index (χ4n) is 1.42. The Labute approximate surface area is 101 Å². The van der Waals surface area contributed by atoms with Crippen LogP contribution < -0.4 is 0 Å². The molecular weight excluding hydrogens is 238 g/mol. The number of carboxylic acids is 1. The minimum atomic E-state index is -1.26. The summed E-state index contributed by atoms with van der Waals surface area (Å²) in [5.74, 6) is -0.876. The smallest absolute Gasteiger partial charge is 0.347 e. The highest BCUT2D eigenvalue weighted by Crippen LogP contribution is 2.30. The van der Waals surface area contributed by atoms with Crippen LogP contribution in [0.1, 0.15) is 10.6 Å². The lowest BCUT2D eigenvalue weighted by Crippen LogP contribution is -2.02. The van der Waals surface area contributed by atoms with E-state index in [9.17, 15) is 4.79 Å². The van der Waals surface area contributed by atoms with E-state index in [1.807, 2.05) is 5.38 Å². The largest absolute Gasteiger partial charge is 0.477 e. The molecule has 0 aliphatic heterocycles. The first-order valence-corrected chi connectivity index (χ1v) is 5.57. The number of nitrogens with zero attached hydrogens (tertiary/aromatic N) is 1. The first-order valence-electron chi connectivity index (χ1n) is 4.69. The van der Waals surface area contributed by atoms with Crippen molar-refractivity contribution >= 4 is 22.9 Å². The molecule has 2 heterocycles. The van der Waals surface area contributed by atoms with Crippen molar-refractivity contribution in [2.45, 2.75) is 0 Å². The molecule has 0 atom stereocenters. The molecule has 2 rings (SSSR count). The molecule has 0 spiro atoms. The molecule has 0 aliphatic carbocycles. The second-order valence-corrected chi connectivity index (χ2v) is 4.07. The second kappa shape index (κ2) is 4.68. The topological polar surface area (TPSA) is 74.2 Å². The van der Waals surface area contributed by atoms with Crippen LogP contribution in [-0.4, -0.2) is 11.1 Å². The second-order valence-electron chi connectivity index (χ2n) is 3.12. The number of aliphatic carboxylic acids is 1. The molecule has 5 heteroatoms. The van der Waals surface area contributed by atoms with Crippen LogP contribution in [0.4, 0.5) is 0 Å². The molecule has 1 N–H and O–H groups in total. The normalized spacial score (nSPS) is 11.7. The van der Waals surface area contributed by atoms with Gasteiger partial charge >= 0.3 is 5.97 Å². The molecule has 0 fully saturated rings. The average Bonchev–Trinajstić information content (AvgIpc) is 2.98. The molecule has 0 aromatic carbocycles. The van der Waals surface area contributed by atoms with Gasteiger partial charge in [0.1, 0.15) is 17.4 Å². The van der Waals surface area contributed by atoms with Gasteiger partial charge in [0.25, 0.3) is 0 Å². The number of furan rings is 1. The molecule has 0 saturated heterocycles. The highest BCUT2D eigenvalue weighted by Gasteiger charge is 2.20. The Balaban J connectivity index is 2.69. The Hall–Kier alpha value is -2.32. The van der Waals surface area contributed by atoms with E-state index >= 15 is 0 Å². The Bertz CT molecular complexity index is 552. The van der Waals surface area contributed by atoms with Gasteiger partial charge in [-0.2, -0.15) is 5.26 Å². The van der Waals surface area contributed by atoms with Crippen molar-refractivity contribution in [3.63, 3.8) is 0 Å². The molecule has 17 heavy (non-hydrogen) atoms. The molecule has 0 radical (unpaired) electrons. The third-order valence-electron chi connectivity index (χ3n) is 2.11. The summed E-state index contributed by atoms with van der Waals surface area (Å²) in [5.41, 5.74) is 0.00222. The highest BCUT2D eigenvalue weighted by molar-refractivity contribution is 7.11. The number of thiophene rings is 1. The number of hydrogen-bond acceptors (Lipinski definition) is 4. The summed E-state index contributed by atoms with van der Waals surface area (Å²) >= 11 is 1.36. The summed E-state index contributed by atoms with van der Waals surface area (Å²) in [6.45, 7) is 0. The standard InChI is InChI=1S/C12H7NO3S/c13-7-8(12(14)15)11(9-3-1-5-16-9)10-4-2-6-17-10/h1-6H,(H,14,15). The van der Waals surface area contributed by atoms with E-state index in [0.29, 0.717) is 16.2 Å². The summed E-state index contributed by atoms with van der Waals surface area (Å²) in [5, 5.41) is 19.8. The van der Waals surface area contributed by atoms with E-state index in [-0.39, 0.29) is 5.57 Å². The SMILES string of the molecule is N#CC(C(=O)O)=C(c1ccco1)c1cccs1. The van der Waals surface area contributed by atoms with E-state index in [4.69, 9.17) is 14.8 Å². The van der Waals surface area contributed by atoms with E-state index < -0.39 is 5.97 Å². The van der Waals surface area contributed by atoms with Crippen LogP contribution in [0.5, 0.6) is 0 Å². The Morgan fingerprint density at radius 3 is 2.71 bits per heavy atom. The van der Waals surface area contributed by atoms with Gasteiger partial charge in [0.2, 0.25) is 0 Å². The molecule has 0 amide bonds. The minimum Gasteiger partial charge on any atom is -0.477 e. The predicted octanol–water partition coefficient (Wildman–Crippen LogP) is 2.75. The number of carbonyl (C=O) groups is 1. The van der Waals surface area contributed by atoms with Gasteiger partial charge in [-0.25, -0.2) is 4.79 Å². The molecular formula is C12H7NO3S. The van der Waals surface area contributed by atoms with Crippen LogP contribution in [0.2, 0.25) is 0 Å². The van der Waals surface area contributed by atoms with E-state index in [1.54, 1.807) is 30.3 Å². The summed E-state index contributed by atoms with van der Waals surface area (Å²) in [6.07, 6.45) is 1.44. The van der Waals surface area contributed by atoms with Crippen molar-refractivity contribution in [1.29, 1.82) is 5.26 Å². The Morgan fingerprint density at radius 1 is 1.41 bits per heavy atom. The van der Waals surface area contributed by atoms with Crippen LogP contribution in [0.15, 0.2) is 45.9 Å². The molecule has 84 valence electrons. The zero-order valence-electron chi connectivity index (χ0n) is 8.58. The monoisotopic (exact) mass is 245 g/mol. The molecule has 0 saturated carbocycles. The maximum atomic E-state index is 11.0. The molecule has 2 aromatic rings. The quantitative estimate of drug-likeness (QED) is 0.666. The maximum Gasteiger partial charge on any atom is 0.347 e. The molecule has 0 bridgehead atoms.